The summed E-state index contributed by atoms with van der Waals surface area (Å²) in [6, 6.07) is -0.647. The van der Waals surface area contributed by atoms with Crippen molar-refractivity contribution >= 4 is 12.0 Å². The zero-order valence-electron chi connectivity index (χ0n) is 12.4. The predicted octanol–water partition coefficient (Wildman–Crippen LogP) is 1.16. The summed E-state index contributed by atoms with van der Waals surface area (Å²) in [5.41, 5.74) is -1.04. The van der Waals surface area contributed by atoms with Crippen LogP contribution in [-0.4, -0.2) is 54.4 Å². The molecule has 0 aromatic heterocycles. The summed E-state index contributed by atoms with van der Waals surface area (Å²) >= 11 is 0. The number of hydrogen-bond acceptors (Lipinski definition) is 3. The number of urea groups is 1. The molecule has 4 atom stereocenters. The molecule has 6 nitrogen and oxygen atoms in total. The highest BCUT2D eigenvalue weighted by Crippen LogP contribution is 2.29. The number of rotatable bonds is 2. The molecule has 0 bridgehead atoms. The maximum absolute atomic E-state index is 12.3. The van der Waals surface area contributed by atoms with Gasteiger partial charge in [0.1, 0.15) is 5.41 Å². The molecule has 2 rings (SSSR count). The van der Waals surface area contributed by atoms with Gasteiger partial charge in [-0.2, -0.15) is 0 Å². The molecule has 2 heterocycles. The van der Waals surface area contributed by atoms with Crippen molar-refractivity contribution in [2.75, 3.05) is 26.3 Å². The third-order valence-electron chi connectivity index (χ3n) is 4.40. The highest BCUT2D eigenvalue weighted by molar-refractivity contribution is 5.79. The van der Waals surface area contributed by atoms with Gasteiger partial charge in [0.05, 0.1) is 19.3 Å². The number of carboxylic acid groups (broad SMARTS) is 1. The lowest BCUT2D eigenvalue weighted by Crippen LogP contribution is -2.55. The van der Waals surface area contributed by atoms with Crippen LogP contribution in [-0.2, 0) is 9.53 Å². The fourth-order valence-corrected chi connectivity index (χ4v) is 3.15. The lowest BCUT2D eigenvalue weighted by Gasteiger charge is -2.36. The molecule has 114 valence electrons. The quantitative estimate of drug-likeness (QED) is 0.797. The Kier molecular flexibility index (Phi) is 4.22. The van der Waals surface area contributed by atoms with Gasteiger partial charge in [-0.25, -0.2) is 4.79 Å². The van der Waals surface area contributed by atoms with Crippen LogP contribution in [0.5, 0.6) is 0 Å². The van der Waals surface area contributed by atoms with Crippen molar-refractivity contribution in [3.8, 4) is 0 Å². The number of nitrogens with one attached hydrogen (secondary N) is 1. The Labute approximate surface area is 119 Å². The fraction of sp³-hybridized carbons (Fsp3) is 0.857. The van der Waals surface area contributed by atoms with Crippen LogP contribution in [0.15, 0.2) is 0 Å². The molecule has 2 aliphatic rings. The van der Waals surface area contributed by atoms with Gasteiger partial charge in [-0.3, -0.25) is 4.79 Å². The van der Waals surface area contributed by atoms with Crippen LogP contribution >= 0.6 is 0 Å². The Bertz CT molecular complexity index is 391. The van der Waals surface area contributed by atoms with Crippen LogP contribution in [0.25, 0.3) is 0 Å². The van der Waals surface area contributed by atoms with E-state index in [1.165, 1.54) is 0 Å². The average molecular weight is 284 g/mol. The SMILES string of the molecule is CC1CC(C)CN(C(=O)NC2COCC2(C)C(=O)O)C1. The molecule has 0 aromatic rings. The van der Waals surface area contributed by atoms with E-state index < -0.39 is 17.4 Å². The summed E-state index contributed by atoms with van der Waals surface area (Å²) in [5.74, 6) is 0.0334. The molecular formula is C14H24N2O4. The monoisotopic (exact) mass is 284 g/mol. The summed E-state index contributed by atoms with van der Waals surface area (Å²) in [7, 11) is 0. The molecule has 2 amide bonds. The van der Waals surface area contributed by atoms with E-state index in [4.69, 9.17) is 4.74 Å². The van der Waals surface area contributed by atoms with Crippen molar-refractivity contribution in [3.63, 3.8) is 0 Å². The van der Waals surface area contributed by atoms with Crippen molar-refractivity contribution in [2.45, 2.75) is 33.2 Å². The lowest BCUT2D eigenvalue weighted by molar-refractivity contribution is -0.148. The number of hydrogen-bond donors (Lipinski definition) is 2. The summed E-state index contributed by atoms with van der Waals surface area (Å²) in [6.07, 6.45) is 1.13. The van der Waals surface area contributed by atoms with E-state index in [1.54, 1.807) is 11.8 Å². The average Bonchev–Trinajstić information content (AvgIpc) is 2.71. The molecule has 6 heteroatoms. The molecule has 0 aromatic carbocycles. The van der Waals surface area contributed by atoms with Crippen molar-refractivity contribution in [1.29, 1.82) is 0 Å². The number of carboxylic acids is 1. The van der Waals surface area contributed by atoms with Gasteiger partial charge >= 0.3 is 12.0 Å². The lowest BCUT2D eigenvalue weighted by atomic mass is 9.85. The number of piperidine rings is 1. The summed E-state index contributed by atoms with van der Waals surface area (Å²) in [4.78, 5) is 25.5. The largest absolute Gasteiger partial charge is 0.481 e. The van der Waals surface area contributed by atoms with E-state index in [9.17, 15) is 14.7 Å². The van der Waals surface area contributed by atoms with Gasteiger partial charge in [-0.15, -0.1) is 0 Å². The van der Waals surface area contributed by atoms with Crippen LogP contribution < -0.4 is 5.32 Å². The van der Waals surface area contributed by atoms with E-state index in [0.29, 0.717) is 11.8 Å². The molecule has 2 aliphatic heterocycles. The van der Waals surface area contributed by atoms with Crippen LogP contribution in [0, 0.1) is 17.3 Å². The van der Waals surface area contributed by atoms with Crippen LogP contribution in [0.2, 0.25) is 0 Å². The summed E-state index contributed by atoms with van der Waals surface area (Å²) in [6.45, 7) is 7.75. The fourth-order valence-electron chi connectivity index (χ4n) is 3.15. The number of likely N-dealkylation sites (tertiary alicyclic amines) is 1. The molecular weight excluding hydrogens is 260 g/mol. The van der Waals surface area contributed by atoms with Gasteiger partial charge < -0.3 is 20.1 Å². The number of aliphatic carboxylic acids is 1. The smallest absolute Gasteiger partial charge is 0.317 e. The van der Waals surface area contributed by atoms with E-state index in [2.05, 4.69) is 19.2 Å². The van der Waals surface area contributed by atoms with E-state index >= 15 is 0 Å². The molecule has 0 saturated carbocycles. The minimum Gasteiger partial charge on any atom is -0.481 e. The van der Waals surface area contributed by atoms with Crippen molar-refractivity contribution < 1.29 is 19.4 Å². The molecule has 4 unspecified atom stereocenters. The highest BCUT2D eigenvalue weighted by Gasteiger charge is 2.47. The van der Waals surface area contributed by atoms with Gasteiger partial charge in [-0.1, -0.05) is 13.8 Å². The molecule has 0 spiro atoms. The van der Waals surface area contributed by atoms with E-state index in [1.807, 2.05) is 0 Å². The molecule has 2 N–H and O–H groups in total. The first kappa shape index (κ1) is 15.1. The number of amides is 2. The van der Waals surface area contributed by atoms with E-state index in [-0.39, 0.29) is 19.2 Å². The number of nitrogens with zero attached hydrogens (tertiary/aromatic N) is 1. The maximum Gasteiger partial charge on any atom is 0.317 e. The van der Waals surface area contributed by atoms with Crippen molar-refractivity contribution in [2.24, 2.45) is 17.3 Å². The van der Waals surface area contributed by atoms with E-state index in [0.717, 1.165) is 19.5 Å². The maximum atomic E-state index is 12.3. The zero-order valence-corrected chi connectivity index (χ0v) is 12.4. The normalized spacial score (nSPS) is 37.8. The van der Waals surface area contributed by atoms with Crippen LogP contribution in [0.3, 0.4) is 0 Å². The molecule has 2 fully saturated rings. The van der Waals surface area contributed by atoms with Gasteiger partial charge in [0.15, 0.2) is 0 Å². The van der Waals surface area contributed by atoms with Crippen LogP contribution in [0.4, 0.5) is 4.79 Å². The Morgan fingerprint density at radius 1 is 1.30 bits per heavy atom. The van der Waals surface area contributed by atoms with Crippen molar-refractivity contribution in [3.05, 3.63) is 0 Å². The Morgan fingerprint density at radius 2 is 1.90 bits per heavy atom. The second-order valence-corrected chi connectivity index (χ2v) is 6.59. The third-order valence-corrected chi connectivity index (χ3v) is 4.40. The zero-order chi connectivity index (χ0) is 14.9. The van der Waals surface area contributed by atoms with Gasteiger partial charge in [-0.05, 0) is 25.2 Å². The summed E-state index contributed by atoms with van der Waals surface area (Å²) < 4.78 is 5.25. The second-order valence-electron chi connectivity index (χ2n) is 6.59. The number of carbonyl (C=O) groups excluding carboxylic acids is 1. The van der Waals surface area contributed by atoms with Gasteiger partial charge in [0, 0.05) is 13.1 Å². The summed E-state index contributed by atoms with van der Waals surface area (Å²) in [5, 5.41) is 12.1. The Morgan fingerprint density at radius 3 is 2.45 bits per heavy atom. The standard InChI is InChI=1S/C14H24N2O4/c1-9-4-10(2)6-16(5-9)13(19)15-11-7-20-8-14(11,3)12(17)18/h9-11H,4-8H2,1-3H3,(H,15,19)(H,17,18). The third kappa shape index (κ3) is 2.90. The first-order valence-electron chi connectivity index (χ1n) is 7.19. The van der Waals surface area contributed by atoms with Gasteiger partial charge in [0.2, 0.25) is 0 Å². The highest BCUT2D eigenvalue weighted by atomic mass is 16.5. The second kappa shape index (κ2) is 5.60. The number of ether oxygens (including phenoxy) is 1. The minimum atomic E-state index is -1.04. The topological polar surface area (TPSA) is 78.9 Å². The molecule has 0 aliphatic carbocycles. The molecule has 2 saturated heterocycles. The Hall–Kier alpha value is -1.30. The van der Waals surface area contributed by atoms with Gasteiger partial charge in [0.25, 0.3) is 0 Å². The minimum absolute atomic E-state index is 0.139. The molecule has 20 heavy (non-hydrogen) atoms. The first-order valence-corrected chi connectivity index (χ1v) is 7.19. The number of carbonyl (C=O) groups is 2. The van der Waals surface area contributed by atoms with Crippen LogP contribution in [0.1, 0.15) is 27.2 Å². The van der Waals surface area contributed by atoms with Crippen molar-refractivity contribution in [1.82, 2.24) is 10.2 Å². The Balaban J connectivity index is 1.99. The molecule has 0 radical (unpaired) electrons. The predicted molar refractivity (Wildman–Crippen MR) is 73.4 cm³/mol. The first-order chi connectivity index (χ1) is 9.33.